The van der Waals surface area contributed by atoms with Crippen LogP contribution in [-0.4, -0.2) is 34.2 Å². The predicted molar refractivity (Wildman–Crippen MR) is 62.4 cm³/mol. The molecule has 0 amide bonds. The van der Waals surface area contributed by atoms with Crippen LogP contribution in [0.3, 0.4) is 0 Å². The molecule has 7 nitrogen and oxygen atoms in total. The molecule has 0 radical (unpaired) electrons. The molecule has 0 spiro atoms. The molecule has 2 heterocycles. The summed E-state index contributed by atoms with van der Waals surface area (Å²) in [5.41, 5.74) is 2.69. The average molecular weight is 253 g/mol. The zero-order chi connectivity index (χ0) is 12.1. The minimum absolute atomic E-state index is 0.206. The number of rotatable bonds is 5. The van der Waals surface area contributed by atoms with Crippen molar-refractivity contribution < 1.29 is 9.47 Å². The van der Waals surface area contributed by atoms with Crippen LogP contribution in [-0.2, 0) is 6.54 Å². The van der Waals surface area contributed by atoms with Crippen LogP contribution in [0.5, 0.6) is 12.0 Å². The van der Waals surface area contributed by atoms with Crippen molar-refractivity contribution in [2.24, 2.45) is 0 Å². The lowest BCUT2D eigenvalue weighted by molar-refractivity contribution is 0.341. The van der Waals surface area contributed by atoms with Gasteiger partial charge in [0.1, 0.15) is 0 Å². The first-order valence-corrected chi connectivity index (χ1v) is 5.71. The van der Waals surface area contributed by atoms with E-state index >= 15 is 0 Å². The van der Waals surface area contributed by atoms with Crippen molar-refractivity contribution in [1.82, 2.24) is 19.9 Å². The van der Waals surface area contributed by atoms with Crippen molar-refractivity contribution >= 4 is 17.3 Å². The van der Waals surface area contributed by atoms with Crippen LogP contribution in [0.1, 0.15) is 5.69 Å². The van der Waals surface area contributed by atoms with Crippen LogP contribution in [0.25, 0.3) is 0 Å². The largest absolute Gasteiger partial charge is 0.467 e. The van der Waals surface area contributed by atoms with E-state index in [1.165, 1.54) is 25.6 Å². The Morgan fingerprint density at radius 1 is 1.18 bits per heavy atom. The number of methoxy groups -OCH3 is 2. The number of hydrogen-bond donors (Lipinski definition) is 1. The second kappa shape index (κ2) is 5.39. The van der Waals surface area contributed by atoms with E-state index in [9.17, 15) is 0 Å². The van der Waals surface area contributed by atoms with E-state index in [1.807, 2.05) is 5.38 Å². The third-order valence-electron chi connectivity index (χ3n) is 1.87. The lowest BCUT2D eigenvalue weighted by atomic mass is 10.5. The third kappa shape index (κ3) is 3.00. The van der Waals surface area contributed by atoms with Gasteiger partial charge >= 0.3 is 12.0 Å². The van der Waals surface area contributed by atoms with E-state index in [2.05, 4.69) is 25.3 Å². The maximum atomic E-state index is 4.94. The quantitative estimate of drug-likeness (QED) is 0.849. The normalized spacial score (nSPS) is 10.0. The van der Waals surface area contributed by atoms with Crippen molar-refractivity contribution in [3.8, 4) is 12.0 Å². The summed E-state index contributed by atoms with van der Waals surface area (Å²) in [6.07, 6.45) is 0. The maximum absolute atomic E-state index is 4.94. The Labute approximate surface area is 102 Å². The van der Waals surface area contributed by atoms with Gasteiger partial charge in [-0.25, -0.2) is 4.98 Å². The Morgan fingerprint density at radius 3 is 2.41 bits per heavy atom. The zero-order valence-corrected chi connectivity index (χ0v) is 10.2. The van der Waals surface area contributed by atoms with E-state index in [-0.39, 0.29) is 12.0 Å². The molecule has 0 saturated carbocycles. The molecule has 17 heavy (non-hydrogen) atoms. The molecule has 0 atom stereocenters. The Bertz CT molecular complexity index is 454. The Kier molecular flexibility index (Phi) is 3.66. The highest BCUT2D eigenvalue weighted by Crippen LogP contribution is 2.12. The molecule has 2 aromatic heterocycles. The predicted octanol–water partition coefficient (Wildman–Crippen LogP) is 0.957. The first-order chi connectivity index (χ1) is 8.31. The molecule has 0 unspecified atom stereocenters. The highest BCUT2D eigenvalue weighted by molar-refractivity contribution is 7.07. The molecule has 0 aliphatic carbocycles. The zero-order valence-electron chi connectivity index (χ0n) is 9.38. The van der Waals surface area contributed by atoms with Crippen molar-refractivity contribution in [1.29, 1.82) is 0 Å². The van der Waals surface area contributed by atoms with E-state index < -0.39 is 0 Å². The SMILES string of the molecule is COc1nc(NCc2cscn2)nc(OC)n1. The minimum Gasteiger partial charge on any atom is -0.467 e. The van der Waals surface area contributed by atoms with Crippen LogP contribution in [0.4, 0.5) is 5.95 Å². The summed E-state index contributed by atoms with van der Waals surface area (Å²) < 4.78 is 9.88. The second-order valence-electron chi connectivity index (χ2n) is 2.97. The van der Waals surface area contributed by atoms with Gasteiger partial charge in [-0.3, -0.25) is 0 Å². The number of aromatic nitrogens is 4. The monoisotopic (exact) mass is 253 g/mol. The highest BCUT2D eigenvalue weighted by atomic mass is 32.1. The molecular weight excluding hydrogens is 242 g/mol. The van der Waals surface area contributed by atoms with Gasteiger partial charge in [0.25, 0.3) is 0 Å². The summed E-state index contributed by atoms with van der Waals surface area (Å²) >= 11 is 1.54. The molecule has 0 aromatic carbocycles. The summed E-state index contributed by atoms with van der Waals surface area (Å²) in [4.78, 5) is 16.1. The molecule has 2 rings (SSSR count). The van der Waals surface area contributed by atoms with Gasteiger partial charge in [0, 0.05) is 5.38 Å². The molecule has 1 N–H and O–H groups in total. The standard InChI is InChI=1S/C9H11N5O2S/c1-15-8-12-7(13-9(14-8)16-2)10-3-6-4-17-5-11-6/h4-5H,3H2,1-2H3,(H,10,12,13,14). The van der Waals surface area contributed by atoms with Crippen LogP contribution >= 0.6 is 11.3 Å². The fraction of sp³-hybridized carbons (Fsp3) is 0.333. The van der Waals surface area contributed by atoms with Crippen molar-refractivity contribution in [3.63, 3.8) is 0 Å². The van der Waals surface area contributed by atoms with Gasteiger partial charge in [-0.15, -0.1) is 16.3 Å². The van der Waals surface area contributed by atoms with Crippen molar-refractivity contribution in [3.05, 3.63) is 16.6 Å². The molecule has 0 fully saturated rings. The average Bonchev–Trinajstić information content (AvgIpc) is 2.89. The smallest absolute Gasteiger partial charge is 0.324 e. The third-order valence-corrected chi connectivity index (χ3v) is 2.51. The Hall–Kier alpha value is -1.96. The van der Waals surface area contributed by atoms with Crippen molar-refractivity contribution in [2.75, 3.05) is 19.5 Å². The van der Waals surface area contributed by atoms with Crippen LogP contribution < -0.4 is 14.8 Å². The number of hydrogen-bond acceptors (Lipinski definition) is 8. The number of ether oxygens (including phenoxy) is 2. The first kappa shape index (κ1) is 11.5. The fourth-order valence-corrected chi connectivity index (χ4v) is 1.65. The van der Waals surface area contributed by atoms with E-state index in [4.69, 9.17) is 9.47 Å². The minimum atomic E-state index is 0.206. The van der Waals surface area contributed by atoms with Gasteiger partial charge in [-0.1, -0.05) is 0 Å². The lowest BCUT2D eigenvalue weighted by Gasteiger charge is -2.05. The topological polar surface area (TPSA) is 82.0 Å². The molecule has 0 bridgehead atoms. The van der Waals surface area contributed by atoms with Gasteiger partial charge in [0.05, 0.1) is 32.0 Å². The summed E-state index contributed by atoms with van der Waals surface area (Å²) in [6.45, 7) is 0.541. The first-order valence-electron chi connectivity index (χ1n) is 4.77. The van der Waals surface area contributed by atoms with Crippen molar-refractivity contribution in [2.45, 2.75) is 6.54 Å². The van der Waals surface area contributed by atoms with E-state index in [0.29, 0.717) is 12.5 Å². The van der Waals surface area contributed by atoms with E-state index in [1.54, 1.807) is 5.51 Å². The summed E-state index contributed by atoms with van der Waals surface area (Å²) in [7, 11) is 2.97. The number of thiazole rings is 1. The van der Waals surface area contributed by atoms with Gasteiger partial charge in [-0.2, -0.15) is 9.97 Å². The molecule has 0 aliphatic heterocycles. The van der Waals surface area contributed by atoms with Gasteiger partial charge < -0.3 is 14.8 Å². The van der Waals surface area contributed by atoms with Gasteiger partial charge in [0.2, 0.25) is 5.95 Å². The molecule has 90 valence electrons. The fourth-order valence-electron chi connectivity index (χ4n) is 1.09. The summed E-state index contributed by atoms with van der Waals surface area (Å²) in [5, 5.41) is 4.97. The van der Waals surface area contributed by atoms with Crippen LogP contribution in [0, 0.1) is 0 Å². The molecule has 0 aliphatic rings. The number of anilines is 1. The molecule has 0 saturated heterocycles. The van der Waals surface area contributed by atoms with Gasteiger partial charge in [-0.05, 0) is 0 Å². The maximum Gasteiger partial charge on any atom is 0.324 e. The second-order valence-corrected chi connectivity index (χ2v) is 3.68. The van der Waals surface area contributed by atoms with Crippen LogP contribution in [0.15, 0.2) is 10.9 Å². The Balaban J connectivity index is 2.09. The summed E-state index contributed by atoms with van der Waals surface area (Å²) in [6, 6.07) is 0.412. The number of nitrogens with one attached hydrogen (secondary N) is 1. The molecular formula is C9H11N5O2S. The van der Waals surface area contributed by atoms with Crippen LogP contribution in [0.2, 0.25) is 0 Å². The van der Waals surface area contributed by atoms with Gasteiger partial charge in [0.15, 0.2) is 0 Å². The summed E-state index contributed by atoms with van der Waals surface area (Å²) in [5.74, 6) is 0.390. The van der Waals surface area contributed by atoms with E-state index in [0.717, 1.165) is 5.69 Å². The highest BCUT2D eigenvalue weighted by Gasteiger charge is 2.06. The molecule has 2 aromatic rings. The lowest BCUT2D eigenvalue weighted by Crippen LogP contribution is -2.07. The number of nitrogens with zero attached hydrogens (tertiary/aromatic N) is 4. The Morgan fingerprint density at radius 2 is 1.88 bits per heavy atom. The molecule has 8 heteroatoms.